The molecule has 0 aliphatic carbocycles. The number of para-hydroxylation sites is 1. The molecular formula is C22H26N4O4S. The van der Waals surface area contributed by atoms with E-state index in [1.165, 1.54) is 11.1 Å². The Balaban J connectivity index is 1.94. The maximum atomic E-state index is 12.5. The molecule has 0 spiro atoms. The van der Waals surface area contributed by atoms with Crippen molar-refractivity contribution in [2.75, 3.05) is 13.7 Å². The van der Waals surface area contributed by atoms with Crippen molar-refractivity contribution in [2.24, 2.45) is 9.50 Å². The number of fused-ring (bicyclic) bond motifs is 1. The zero-order valence-electron chi connectivity index (χ0n) is 18.0. The SMILES string of the molecule is COc1ccccc1C=NN(CCC(=O)NC(C)(C)C)C1=NS(=O)(=O)c2ccccc21. The first-order valence-electron chi connectivity index (χ1n) is 9.81. The molecule has 0 fully saturated rings. The molecule has 2 aromatic carbocycles. The zero-order chi connectivity index (χ0) is 22.6. The number of sulfonamides is 1. The van der Waals surface area contributed by atoms with Gasteiger partial charge in [-0.1, -0.05) is 24.3 Å². The number of hydrogen-bond donors (Lipinski definition) is 1. The summed E-state index contributed by atoms with van der Waals surface area (Å²) in [6, 6.07) is 13.9. The van der Waals surface area contributed by atoms with Gasteiger partial charge in [0.15, 0.2) is 5.84 Å². The maximum Gasteiger partial charge on any atom is 0.285 e. The number of nitrogens with one attached hydrogen (secondary N) is 1. The Kier molecular flexibility index (Phi) is 6.45. The van der Waals surface area contributed by atoms with Gasteiger partial charge >= 0.3 is 0 Å². The lowest BCUT2D eigenvalue weighted by molar-refractivity contribution is -0.122. The zero-order valence-corrected chi connectivity index (χ0v) is 18.8. The number of rotatable bonds is 6. The second kappa shape index (κ2) is 8.89. The summed E-state index contributed by atoms with van der Waals surface area (Å²) < 4.78 is 34.3. The molecule has 0 saturated heterocycles. The fourth-order valence-corrected chi connectivity index (χ4v) is 4.29. The minimum atomic E-state index is -3.82. The van der Waals surface area contributed by atoms with Gasteiger partial charge in [-0.25, -0.2) is 5.01 Å². The quantitative estimate of drug-likeness (QED) is 0.548. The molecule has 1 heterocycles. The van der Waals surface area contributed by atoms with Crippen molar-refractivity contribution >= 4 is 28.0 Å². The largest absolute Gasteiger partial charge is 0.496 e. The number of hydrogen-bond acceptors (Lipinski definition) is 6. The number of benzene rings is 2. The van der Waals surface area contributed by atoms with Crippen molar-refractivity contribution in [3.05, 3.63) is 59.7 Å². The number of carbonyl (C=O) groups is 1. The lowest BCUT2D eigenvalue weighted by Gasteiger charge is -2.23. The summed E-state index contributed by atoms with van der Waals surface area (Å²) in [6.07, 6.45) is 1.68. The highest BCUT2D eigenvalue weighted by Crippen LogP contribution is 2.28. The predicted octanol–water partition coefficient (Wildman–Crippen LogP) is 2.79. The van der Waals surface area contributed by atoms with Gasteiger partial charge in [-0.2, -0.15) is 13.5 Å². The monoisotopic (exact) mass is 442 g/mol. The predicted molar refractivity (Wildman–Crippen MR) is 120 cm³/mol. The third kappa shape index (κ3) is 5.49. The minimum absolute atomic E-state index is 0.113. The van der Waals surface area contributed by atoms with Gasteiger partial charge in [-0.3, -0.25) is 4.79 Å². The lowest BCUT2D eigenvalue weighted by Crippen LogP contribution is -2.42. The number of amidine groups is 1. The molecule has 0 bridgehead atoms. The number of nitrogens with zero attached hydrogens (tertiary/aromatic N) is 3. The number of methoxy groups -OCH3 is 1. The number of carbonyl (C=O) groups excluding carboxylic acids is 1. The van der Waals surface area contributed by atoms with Crippen LogP contribution in [-0.4, -0.2) is 50.6 Å². The van der Waals surface area contributed by atoms with E-state index in [-0.39, 0.29) is 35.1 Å². The van der Waals surface area contributed by atoms with Crippen LogP contribution in [-0.2, 0) is 14.8 Å². The molecule has 3 rings (SSSR count). The third-order valence-electron chi connectivity index (χ3n) is 4.40. The summed E-state index contributed by atoms with van der Waals surface area (Å²) in [5, 5.41) is 8.81. The van der Waals surface area contributed by atoms with Crippen LogP contribution in [0.15, 0.2) is 62.9 Å². The molecule has 8 nitrogen and oxygen atoms in total. The van der Waals surface area contributed by atoms with Gasteiger partial charge in [0.1, 0.15) is 10.6 Å². The number of ether oxygens (including phenoxy) is 1. The summed E-state index contributed by atoms with van der Waals surface area (Å²) in [5.41, 5.74) is 0.795. The molecule has 1 aliphatic rings. The summed E-state index contributed by atoms with van der Waals surface area (Å²) >= 11 is 0. The van der Waals surface area contributed by atoms with Crippen LogP contribution in [0.4, 0.5) is 0 Å². The first-order valence-corrected chi connectivity index (χ1v) is 11.2. The minimum Gasteiger partial charge on any atom is -0.496 e. The highest BCUT2D eigenvalue weighted by molar-refractivity contribution is 7.90. The summed E-state index contributed by atoms with van der Waals surface area (Å²) in [7, 11) is -2.26. The van der Waals surface area contributed by atoms with Crippen LogP contribution >= 0.6 is 0 Å². The highest BCUT2D eigenvalue weighted by Gasteiger charge is 2.32. The van der Waals surface area contributed by atoms with E-state index in [1.54, 1.807) is 37.6 Å². The summed E-state index contributed by atoms with van der Waals surface area (Å²) in [5.74, 6) is 0.642. The van der Waals surface area contributed by atoms with Crippen molar-refractivity contribution in [3.63, 3.8) is 0 Å². The van der Waals surface area contributed by atoms with Crippen LogP contribution in [0.2, 0.25) is 0 Å². The van der Waals surface area contributed by atoms with E-state index in [1.807, 2.05) is 39.0 Å². The van der Waals surface area contributed by atoms with E-state index in [2.05, 4.69) is 14.8 Å². The molecule has 0 aromatic heterocycles. The highest BCUT2D eigenvalue weighted by atomic mass is 32.2. The van der Waals surface area contributed by atoms with Gasteiger partial charge in [-0.05, 0) is 45.0 Å². The fourth-order valence-electron chi connectivity index (χ4n) is 3.09. The van der Waals surface area contributed by atoms with Crippen molar-refractivity contribution in [2.45, 2.75) is 37.6 Å². The van der Waals surface area contributed by atoms with Crippen LogP contribution < -0.4 is 10.1 Å². The Bertz CT molecular complexity index is 1130. The number of hydrazone groups is 1. The Morgan fingerprint density at radius 3 is 2.55 bits per heavy atom. The van der Waals surface area contributed by atoms with E-state index in [9.17, 15) is 13.2 Å². The average Bonchev–Trinajstić information content (AvgIpc) is 2.98. The van der Waals surface area contributed by atoms with E-state index in [0.717, 1.165) is 0 Å². The Morgan fingerprint density at radius 2 is 1.84 bits per heavy atom. The topological polar surface area (TPSA) is 100 Å². The molecule has 31 heavy (non-hydrogen) atoms. The van der Waals surface area contributed by atoms with E-state index in [4.69, 9.17) is 4.74 Å². The molecule has 1 aliphatic heterocycles. The molecule has 0 radical (unpaired) electrons. The van der Waals surface area contributed by atoms with Gasteiger partial charge in [0.2, 0.25) is 5.91 Å². The lowest BCUT2D eigenvalue weighted by atomic mass is 10.1. The Labute approximate surface area is 182 Å². The fraction of sp³-hybridized carbons (Fsp3) is 0.318. The average molecular weight is 443 g/mol. The van der Waals surface area contributed by atoms with Crippen molar-refractivity contribution in [1.82, 2.24) is 10.3 Å². The van der Waals surface area contributed by atoms with E-state index in [0.29, 0.717) is 16.9 Å². The van der Waals surface area contributed by atoms with Crippen LogP contribution in [0.25, 0.3) is 0 Å². The molecule has 0 unspecified atom stereocenters. The Morgan fingerprint density at radius 1 is 1.16 bits per heavy atom. The first-order chi connectivity index (χ1) is 14.6. The molecule has 0 saturated carbocycles. The van der Waals surface area contributed by atoms with Gasteiger partial charge in [0, 0.05) is 23.1 Å². The second-order valence-corrected chi connectivity index (χ2v) is 9.62. The number of amides is 1. The van der Waals surface area contributed by atoms with Crippen LogP contribution in [0.5, 0.6) is 5.75 Å². The van der Waals surface area contributed by atoms with Crippen molar-refractivity contribution in [3.8, 4) is 5.75 Å². The normalized spacial score (nSPS) is 14.8. The van der Waals surface area contributed by atoms with Gasteiger partial charge in [0.05, 0.1) is 19.9 Å². The molecule has 9 heteroatoms. The van der Waals surface area contributed by atoms with Crippen LogP contribution in [0, 0.1) is 0 Å². The van der Waals surface area contributed by atoms with Gasteiger partial charge in [-0.15, -0.1) is 4.40 Å². The van der Waals surface area contributed by atoms with E-state index >= 15 is 0 Å². The molecule has 1 N–H and O–H groups in total. The standard InChI is InChI=1S/C22H26N4O4S/c1-22(2,3)24-20(27)13-14-26(23-15-16-9-5-7-11-18(16)30-4)21-17-10-6-8-12-19(17)31(28,29)25-21/h5-12,15H,13-14H2,1-4H3,(H,24,27). The molecule has 2 aromatic rings. The van der Waals surface area contributed by atoms with Crippen molar-refractivity contribution in [1.29, 1.82) is 0 Å². The van der Waals surface area contributed by atoms with E-state index < -0.39 is 10.0 Å². The van der Waals surface area contributed by atoms with Gasteiger partial charge in [0.25, 0.3) is 10.0 Å². The second-order valence-electron chi connectivity index (χ2n) is 8.04. The third-order valence-corrected chi connectivity index (χ3v) is 5.72. The van der Waals surface area contributed by atoms with Crippen LogP contribution in [0.1, 0.15) is 38.3 Å². The molecular weight excluding hydrogens is 416 g/mol. The Hall–Kier alpha value is -3.20. The summed E-state index contributed by atoms with van der Waals surface area (Å²) in [6.45, 7) is 5.83. The molecule has 0 atom stereocenters. The summed E-state index contributed by atoms with van der Waals surface area (Å²) in [4.78, 5) is 12.5. The smallest absolute Gasteiger partial charge is 0.285 e. The van der Waals surface area contributed by atoms with Crippen molar-refractivity contribution < 1.29 is 17.9 Å². The molecule has 164 valence electrons. The van der Waals surface area contributed by atoms with Crippen LogP contribution in [0.3, 0.4) is 0 Å². The van der Waals surface area contributed by atoms with Gasteiger partial charge < -0.3 is 10.1 Å². The molecule has 1 amide bonds. The first kappa shape index (κ1) is 22.5. The maximum absolute atomic E-state index is 12.5.